The minimum absolute atomic E-state index is 0.00268. The highest BCUT2D eigenvalue weighted by atomic mass is 16.5. The van der Waals surface area contributed by atoms with Crippen LogP contribution >= 0.6 is 0 Å². The highest BCUT2D eigenvalue weighted by molar-refractivity contribution is 5.98. The van der Waals surface area contributed by atoms with Crippen LogP contribution in [0.4, 0.5) is 0 Å². The van der Waals surface area contributed by atoms with E-state index in [4.69, 9.17) is 9.47 Å². The van der Waals surface area contributed by atoms with Crippen LogP contribution in [0.25, 0.3) is 10.9 Å². The minimum Gasteiger partial charge on any atom is -0.497 e. The smallest absolute Gasteiger partial charge is 0.268 e. The lowest BCUT2D eigenvalue weighted by atomic mass is 10.0. The van der Waals surface area contributed by atoms with Crippen molar-refractivity contribution < 1.29 is 19.1 Å². The summed E-state index contributed by atoms with van der Waals surface area (Å²) in [7, 11) is 1.61. The second kappa shape index (κ2) is 9.77. The SMILES string of the molecule is CCC(NC(=O)c1cc2ccc(OC)cc2[nH]1)c1ccccc1OCC(=O)N1CCCC1. The first-order valence-corrected chi connectivity index (χ1v) is 11.1. The van der Waals surface area contributed by atoms with Gasteiger partial charge in [-0.25, -0.2) is 0 Å². The normalized spacial score (nSPS) is 14.4. The van der Waals surface area contributed by atoms with E-state index in [-0.39, 0.29) is 24.5 Å². The molecule has 2 N–H and O–H groups in total. The van der Waals surface area contributed by atoms with E-state index in [2.05, 4.69) is 10.3 Å². The van der Waals surface area contributed by atoms with Gasteiger partial charge >= 0.3 is 0 Å². The average Bonchev–Trinajstić information content (AvgIpc) is 3.51. The Balaban J connectivity index is 1.47. The number of methoxy groups -OCH3 is 1. The van der Waals surface area contributed by atoms with Gasteiger partial charge in [0.1, 0.15) is 17.2 Å². The number of rotatable bonds is 8. The van der Waals surface area contributed by atoms with Gasteiger partial charge in [-0.15, -0.1) is 0 Å². The van der Waals surface area contributed by atoms with Crippen molar-refractivity contribution in [3.63, 3.8) is 0 Å². The maximum absolute atomic E-state index is 13.0. The van der Waals surface area contributed by atoms with Crippen molar-refractivity contribution in [2.45, 2.75) is 32.2 Å². The third-order valence-corrected chi connectivity index (χ3v) is 5.89. The van der Waals surface area contributed by atoms with Crippen molar-refractivity contribution in [2.24, 2.45) is 0 Å². The van der Waals surface area contributed by atoms with Crippen molar-refractivity contribution in [1.29, 1.82) is 0 Å². The van der Waals surface area contributed by atoms with Gasteiger partial charge in [-0.1, -0.05) is 25.1 Å². The molecule has 1 fully saturated rings. The number of hydrogen-bond acceptors (Lipinski definition) is 4. The molecule has 7 heteroatoms. The molecular formula is C25H29N3O4. The number of para-hydroxylation sites is 1. The summed E-state index contributed by atoms with van der Waals surface area (Å²) in [5.41, 5.74) is 2.18. The molecule has 4 rings (SSSR count). The molecule has 7 nitrogen and oxygen atoms in total. The Hall–Kier alpha value is -3.48. The van der Waals surface area contributed by atoms with Crippen LogP contribution in [-0.2, 0) is 4.79 Å². The minimum atomic E-state index is -0.249. The zero-order chi connectivity index (χ0) is 22.5. The Kier molecular flexibility index (Phi) is 6.63. The molecule has 0 bridgehead atoms. The van der Waals surface area contributed by atoms with Crippen LogP contribution in [0.5, 0.6) is 11.5 Å². The number of fused-ring (bicyclic) bond motifs is 1. The number of benzene rings is 2. The number of nitrogens with one attached hydrogen (secondary N) is 2. The maximum Gasteiger partial charge on any atom is 0.268 e. The summed E-state index contributed by atoms with van der Waals surface area (Å²) in [5, 5.41) is 4.03. The molecule has 1 aliphatic rings. The first kappa shape index (κ1) is 21.7. The Labute approximate surface area is 187 Å². The first-order valence-electron chi connectivity index (χ1n) is 11.1. The van der Waals surface area contributed by atoms with Crippen molar-refractivity contribution >= 4 is 22.7 Å². The van der Waals surface area contributed by atoms with Gasteiger partial charge in [-0.05, 0) is 43.5 Å². The van der Waals surface area contributed by atoms with Crippen LogP contribution in [0.2, 0.25) is 0 Å². The van der Waals surface area contributed by atoms with Crippen molar-refractivity contribution in [3.8, 4) is 11.5 Å². The number of aromatic amines is 1. The third kappa shape index (κ3) is 4.72. The first-order chi connectivity index (χ1) is 15.6. The standard InChI is InChI=1S/C25H29N3O4/c1-3-20(27-25(30)22-14-17-10-11-18(31-2)15-21(17)26-22)19-8-4-5-9-23(19)32-16-24(29)28-12-6-7-13-28/h4-5,8-11,14-15,20,26H,3,6-7,12-13,16H2,1-2H3,(H,27,30). The summed E-state index contributed by atoms with van der Waals surface area (Å²) in [6.45, 7) is 3.61. The predicted octanol–water partition coefficient (Wildman–Crippen LogP) is 4.06. The van der Waals surface area contributed by atoms with Crippen LogP contribution in [0.15, 0.2) is 48.5 Å². The number of aromatic nitrogens is 1. The topological polar surface area (TPSA) is 83.7 Å². The van der Waals surface area contributed by atoms with E-state index in [1.165, 1.54) is 0 Å². The number of H-pyrrole nitrogens is 1. The lowest BCUT2D eigenvalue weighted by Crippen LogP contribution is -2.32. The Bertz CT molecular complexity index is 1100. The summed E-state index contributed by atoms with van der Waals surface area (Å²) < 4.78 is 11.1. The van der Waals surface area contributed by atoms with Gasteiger partial charge < -0.3 is 24.7 Å². The fraction of sp³-hybridized carbons (Fsp3) is 0.360. The fourth-order valence-electron chi connectivity index (χ4n) is 4.09. The molecule has 2 aromatic carbocycles. The van der Waals surface area contributed by atoms with Gasteiger partial charge in [0.15, 0.2) is 6.61 Å². The molecule has 32 heavy (non-hydrogen) atoms. The lowest BCUT2D eigenvalue weighted by Gasteiger charge is -2.21. The Morgan fingerprint density at radius 2 is 1.91 bits per heavy atom. The Morgan fingerprint density at radius 1 is 1.12 bits per heavy atom. The lowest BCUT2D eigenvalue weighted by molar-refractivity contribution is -0.132. The molecule has 0 radical (unpaired) electrons. The summed E-state index contributed by atoms with van der Waals surface area (Å²) in [4.78, 5) is 30.4. The second-order valence-electron chi connectivity index (χ2n) is 7.98. The van der Waals surface area contributed by atoms with E-state index in [0.29, 0.717) is 17.9 Å². The molecule has 0 saturated carbocycles. The zero-order valence-electron chi connectivity index (χ0n) is 18.5. The van der Waals surface area contributed by atoms with Crippen LogP contribution in [0, 0.1) is 0 Å². The second-order valence-corrected chi connectivity index (χ2v) is 7.98. The van der Waals surface area contributed by atoms with E-state index in [0.717, 1.165) is 48.1 Å². The summed E-state index contributed by atoms with van der Waals surface area (Å²) in [6, 6.07) is 14.8. The van der Waals surface area contributed by atoms with Gasteiger partial charge in [0.25, 0.3) is 11.8 Å². The highest BCUT2D eigenvalue weighted by Gasteiger charge is 2.21. The third-order valence-electron chi connectivity index (χ3n) is 5.89. The molecule has 0 aliphatic carbocycles. The van der Waals surface area contributed by atoms with E-state index >= 15 is 0 Å². The number of ether oxygens (including phenoxy) is 2. The largest absolute Gasteiger partial charge is 0.497 e. The maximum atomic E-state index is 13.0. The highest BCUT2D eigenvalue weighted by Crippen LogP contribution is 2.28. The molecule has 1 saturated heterocycles. The van der Waals surface area contributed by atoms with Crippen molar-refractivity contribution in [1.82, 2.24) is 15.2 Å². The molecule has 1 aromatic heterocycles. The van der Waals surface area contributed by atoms with E-state index in [9.17, 15) is 9.59 Å². The van der Waals surface area contributed by atoms with Crippen LogP contribution in [0.1, 0.15) is 48.3 Å². The van der Waals surface area contributed by atoms with Gasteiger partial charge in [-0.2, -0.15) is 0 Å². The van der Waals surface area contributed by atoms with Gasteiger partial charge in [0.2, 0.25) is 0 Å². The van der Waals surface area contributed by atoms with Gasteiger partial charge in [-0.3, -0.25) is 9.59 Å². The van der Waals surface area contributed by atoms with E-state index < -0.39 is 0 Å². The average molecular weight is 436 g/mol. The molecule has 1 aliphatic heterocycles. The Morgan fingerprint density at radius 3 is 2.66 bits per heavy atom. The molecule has 0 spiro atoms. The molecule has 1 unspecified atom stereocenters. The summed E-state index contributed by atoms with van der Waals surface area (Å²) in [6.07, 6.45) is 2.78. The van der Waals surface area contributed by atoms with Crippen molar-refractivity contribution in [3.05, 3.63) is 59.8 Å². The predicted molar refractivity (Wildman–Crippen MR) is 123 cm³/mol. The van der Waals surface area contributed by atoms with Gasteiger partial charge in [0.05, 0.1) is 13.2 Å². The fourth-order valence-corrected chi connectivity index (χ4v) is 4.09. The number of amides is 2. The molecule has 168 valence electrons. The quantitative estimate of drug-likeness (QED) is 0.559. The monoisotopic (exact) mass is 435 g/mol. The number of hydrogen-bond donors (Lipinski definition) is 2. The van der Waals surface area contributed by atoms with Crippen LogP contribution < -0.4 is 14.8 Å². The van der Waals surface area contributed by atoms with Crippen LogP contribution in [0.3, 0.4) is 0 Å². The zero-order valence-corrected chi connectivity index (χ0v) is 18.5. The van der Waals surface area contributed by atoms with E-state index in [1.54, 1.807) is 7.11 Å². The molecule has 3 aromatic rings. The number of carbonyl (C=O) groups is 2. The van der Waals surface area contributed by atoms with Crippen molar-refractivity contribution in [2.75, 3.05) is 26.8 Å². The summed E-state index contributed by atoms with van der Waals surface area (Å²) in [5.74, 6) is 1.15. The molecule has 1 atom stereocenters. The van der Waals surface area contributed by atoms with E-state index in [1.807, 2.05) is 60.4 Å². The van der Waals surface area contributed by atoms with Crippen LogP contribution in [-0.4, -0.2) is 48.5 Å². The number of nitrogens with zero attached hydrogens (tertiary/aromatic N) is 1. The number of likely N-dealkylation sites (tertiary alicyclic amines) is 1. The van der Waals surface area contributed by atoms with Gasteiger partial charge in [0, 0.05) is 35.6 Å². The number of carbonyl (C=O) groups excluding carboxylic acids is 2. The molecule has 2 amide bonds. The molecule has 2 heterocycles. The molecular weight excluding hydrogens is 406 g/mol. The summed E-state index contributed by atoms with van der Waals surface area (Å²) >= 11 is 0.